The maximum atomic E-state index is 15.3. The smallest absolute Gasteiger partial charge is 0.305 e. The molecule has 0 radical (unpaired) electrons. The molecule has 37 nitrogen and oxygen atoms in total. The number of fused-ring (bicyclic) bond motifs is 2. The highest BCUT2D eigenvalue weighted by Gasteiger charge is 2.40. The zero-order chi connectivity index (χ0) is 89.2. The van der Waals surface area contributed by atoms with E-state index >= 15 is 9.59 Å². The number of thiol groups is 2. The Morgan fingerprint density at radius 3 is 1.40 bits per heavy atom. The molecule has 0 saturated heterocycles. The third kappa shape index (κ3) is 31.5. The Bertz CT molecular complexity index is 4600. The van der Waals surface area contributed by atoms with Crippen LogP contribution in [0.4, 0.5) is 0 Å². The summed E-state index contributed by atoms with van der Waals surface area (Å²) in [5.74, 6) is -15.9. The van der Waals surface area contributed by atoms with E-state index in [1.165, 1.54) is 38.1 Å². The van der Waals surface area contributed by atoms with Crippen LogP contribution in [0.1, 0.15) is 116 Å². The van der Waals surface area contributed by atoms with E-state index in [1.54, 1.807) is 126 Å². The Morgan fingerprint density at radius 1 is 0.438 bits per heavy atom. The van der Waals surface area contributed by atoms with Crippen LogP contribution in [-0.4, -0.2) is 225 Å². The number of carbonyl (C=O) groups is 16. The first kappa shape index (κ1) is 97.7. The molecule has 0 spiro atoms. The number of carboxylic acid groups (broad SMARTS) is 1. The topological polar surface area (TPSA) is 592 Å². The van der Waals surface area contributed by atoms with E-state index in [4.69, 9.17) is 17.2 Å². The number of benzene rings is 4. The summed E-state index contributed by atoms with van der Waals surface area (Å²) in [6.45, 7) is 10.1. The molecule has 6 aromatic rings. The van der Waals surface area contributed by atoms with Gasteiger partial charge in [0, 0.05) is 91.3 Å². The van der Waals surface area contributed by atoms with Crippen LogP contribution in [0.5, 0.6) is 5.75 Å². The molecule has 24 N–H and O–H groups in total. The Kier molecular flexibility index (Phi) is 39.0. The van der Waals surface area contributed by atoms with Crippen molar-refractivity contribution in [3.63, 3.8) is 0 Å². The van der Waals surface area contributed by atoms with Crippen LogP contribution in [0.25, 0.3) is 21.8 Å². The molecule has 6 rings (SSSR count). The van der Waals surface area contributed by atoms with Gasteiger partial charge in [-0.3, -0.25) is 76.7 Å². The third-order valence-corrected chi connectivity index (χ3v) is 20.3. The summed E-state index contributed by atoms with van der Waals surface area (Å²) in [7, 11) is 0. The number of amides is 15. The first-order chi connectivity index (χ1) is 57.4. The fraction of sp³-hybridized carbons (Fsp3) is 0.463. The maximum Gasteiger partial charge on any atom is 0.305 e. The van der Waals surface area contributed by atoms with Crippen molar-refractivity contribution < 1.29 is 86.9 Å². The van der Waals surface area contributed by atoms with Gasteiger partial charge in [0.15, 0.2) is 0 Å². The number of hydrogen-bond acceptors (Lipinski definition) is 21. The number of unbranched alkanes of at least 4 members (excludes halogenated alkanes) is 1. The summed E-state index contributed by atoms with van der Waals surface area (Å²) >= 11 is 8.50. The number of nitrogens with two attached hydrogens (primary N) is 3. The van der Waals surface area contributed by atoms with Gasteiger partial charge in [-0.05, 0) is 110 Å². The average Bonchev–Trinajstić information content (AvgIpc) is 1.69. The second kappa shape index (κ2) is 48.2. The van der Waals surface area contributed by atoms with Gasteiger partial charge < -0.3 is 112 Å². The molecule has 4 aromatic carbocycles. The van der Waals surface area contributed by atoms with Gasteiger partial charge in [0.2, 0.25) is 88.6 Å². The van der Waals surface area contributed by atoms with Crippen molar-refractivity contribution in [1.82, 2.24) is 84.4 Å². The number of carboxylic acids is 1. The van der Waals surface area contributed by atoms with Crippen LogP contribution in [0.15, 0.2) is 116 Å². The molecule has 12 atom stereocenters. The monoisotopic (exact) mass is 1720 g/mol. The number of phenolic OH excluding ortho intramolecular Hbond substituents is 1. The third-order valence-electron chi connectivity index (χ3n) is 19.6. The maximum absolute atomic E-state index is 15.3. The van der Waals surface area contributed by atoms with Crippen LogP contribution < -0.4 is 91.6 Å². The van der Waals surface area contributed by atoms with Crippen molar-refractivity contribution in [2.45, 2.75) is 192 Å². The lowest BCUT2D eigenvalue weighted by Crippen LogP contribution is -2.62. The molecule has 0 aliphatic carbocycles. The minimum Gasteiger partial charge on any atom is -0.508 e. The summed E-state index contributed by atoms with van der Waals surface area (Å²) in [6, 6.07) is 10.7. The zero-order valence-corrected chi connectivity index (χ0v) is 70.3. The fourth-order valence-corrected chi connectivity index (χ4v) is 13.4. The Hall–Kier alpha value is -12.1. The number of phenols is 1. The Balaban J connectivity index is 1.23. The quantitative estimate of drug-likeness (QED) is 0.0153. The number of hydrogen-bond donors (Lipinski definition) is 23. The summed E-state index contributed by atoms with van der Waals surface area (Å²) < 4.78 is 0. The van der Waals surface area contributed by atoms with Gasteiger partial charge in [0.25, 0.3) is 0 Å². The van der Waals surface area contributed by atoms with Crippen LogP contribution in [0.2, 0.25) is 0 Å². The first-order valence-corrected chi connectivity index (χ1v) is 40.9. The molecule has 121 heavy (non-hydrogen) atoms. The zero-order valence-electron chi connectivity index (χ0n) is 68.5. The number of primary amides is 1. The van der Waals surface area contributed by atoms with Gasteiger partial charge >= 0.3 is 5.97 Å². The van der Waals surface area contributed by atoms with E-state index in [9.17, 15) is 77.3 Å². The van der Waals surface area contributed by atoms with Crippen molar-refractivity contribution in [2.75, 3.05) is 37.7 Å². The Morgan fingerprint density at radius 2 is 0.884 bits per heavy atom. The molecule has 0 aliphatic rings. The Labute approximate surface area is 710 Å². The van der Waals surface area contributed by atoms with Gasteiger partial charge in [-0.25, -0.2) is 0 Å². The van der Waals surface area contributed by atoms with Crippen molar-refractivity contribution >= 4 is 142 Å². The van der Waals surface area contributed by atoms with Gasteiger partial charge in [0.1, 0.15) is 78.3 Å². The predicted molar refractivity (Wildman–Crippen MR) is 456 cm³/mol. The van der Waals surface area contributed by atoms with Crippen LogP contribution in [0.3, 0.4) is 0 Å². The van der Waals surface area contributed by atoms with E-state index in [0.29, 0.717) is 63.4 Å². The number of aromatic hydroxyl groups is 1. The summed E-state index contributed by atoms with van der Waals surface area (Å²) in [5.41, 5.74) is 19.2. The van der Waals surface area contributed by atoms with Gasteiger partial charge in [-0.15, -0.1) is 0 Å². The number of nitrogens with one attached hydrogen (secondary N) is 16. The van der Waals surface area contributed by atoms with Crippen LogP contribution in [-0.2, 0) is 102 Å². The lowest BCUT2D eigenvalue weighted by atomic mass is 9.85. The number of aromatic nitrogens is 2. The minimum atomic E-state index is -1.86. The van der Waals surface area contributed by atoms with Crippen LogP contribution in [0, 0.1) is 11.3 Å². The van der Waals surface area contributed by atoms with E-state index in [-0.39, 0.29) is 76.0 Å². The standard InChI is InChI=1S/C82H113N19O18S2/c1-44(2)68(100-77(115)61(37-50-40-88-55-23-14-12-21-53(50)55)97-76(114)62(38-67(106)107)94-71(109)45(3)90-78(116)63(42-120)91-46(4)102)80(118)99-64(43-121)79(117)95-59(35-48-26-28-51(103)29-27-48)74(112)96-60(36-49-39-87-54-22-13-11-20-52(49)54)75(113)93-57(25-17-32-84)73(111)101-69(82(5,6)7)81(119)98-58(34-47-18-9-8-10-19-47)72(110)89-41-66(105)86-33-30-65(104)92-56(70(85)108)24-15-16-31-83/h8-14,18-23,26-29,39-40,44-45,56-64,68-69,87-88,103,120-121H,15-17,24-25,30-38,41-43,83-84H2,1-7H3,(H2,85,108)(H,86,105)(H,89,110)(H,90,116)(H,91,102)(H,92,104)(H,93,113)(H,94,109)(H,95,117)(H,96,112)(H,97,114)(H,98,119)(H,99,118)(H,100,115)(H,101,111)(H,106,107)/t45-,56+,57-,58-,59-,60-,61-,62-,63-,64-,68-,69+/m0/s1. The fourth-order valence-electron chi connectivity index (χ4n) is 12.9. The number of rotatable bonds is 49. The highest BCUT2D eigenvalue weighted by atomic mass is 32.1. The van der Waals surface area contributed by atoms with E-state index in [1.807, 2.05) is 0 Å². The molecule has 15 amide bonds. The van der Waals surface area contributed by atoms with Gasteiger partial charge in [-0.2, -0.15) is 25.3 Å². The summed E-state index contributed by atoms with van der Waals surface area (Å²) in [4.78, 5) is 227. The highest BCUT2D eigenvalue weighted by molar-refractivity contribution is 7.80. The summed E-state index contributed by atoms with van der Waals surface area (Å²) in [6.07, 6.45) is 2.48. The number of para-hydroxylation sites is 2. The van der Waals surface area contributed by atoms with Crippen molar-refractivity contribution in [3.05, 3.63) is 138 Å². The largest absolute Gasteiger partial charge is 0.508 e. The molecule has 0 unspecified atom stereocenters. The first-order valence-electron chi connectivity index (χ1n) is 39.6. The molecule has 2 heterocycles. The highest BCUT2D eigenvalue weighted by Crippen LogP contribution is 2.24. The lowest BCUT2D eigenvalue weighted by molar-refractivity contribution is -0.141. The number of carbonyl (C=O) groups excluding carboxylic acids is 15. The minimum absolute atomic E-state index is 0.0251. The SMILES string of the molecule is CC(=O)N[C@@H](CS)C(=O)N[C@@H](C)C(=O)N[C@@H](CC(=O)O)C(=O)N[C@@H](Cc1c[nH]c2ccccc12)C(=O)N[C@H](C(=O)N[C@@H](CS)C(=O)N[C@@H](Cc1ccc(O)cc1)C(=O)N[C@@H](Cc1c[nH]c2ccccc12)C(=O)N[C@@H](CCCN)C(=O)N[C@H](C(=O)N[C@@H](Cc1ccccc1)C(=O)NCC(=O)NCCC(=O)N[C@H](CCCCN)C(N)=O)C(C)(C)C)C(C)C. The molecule has 0 fully saturated rings. The van der Waals surface area contributed by atoms with Gasteiger partial charge in [0.05, 0.1) is 13.0 Å². The van der Waals surface area contributed by atoms with E-state index < -0.39 is 197 Å². The molecular formula is C82H113N19O18S2. The molecule has 0 aliphatic heterocycles. The molecule has 39 heteroatoms. The second-order valence-corrected chi connectivity index (χ2v) is 31.4. The number of aliphatic carboxylic acids is 1. The predicted octanol–water partition coefficient (Wildman–Crippen LogP) is -1.51. The summed E-state index contributed by atoms with van der Waals surface area (Å²) in [5, 5.41) is 57.8. The van der Waals surface area contributed by atoms with Gasteiger partial charge in [-0.1, -0.05) is 113 Å². The molecule has 0 saturated carbocycles. The molecular weight excluding hydrogens is 1600 g/mol. The van der Waals surface area contributed by atoms with E-state index in [2.05, 4.69) is 110 Å². The number of aromatic amines is 2. The molecule has 2 aromatic heterocycles. The number of H-pyrrole nitrogens is 2. The van der Waals surface area contributed by atoms with E-state index in [0.717, 1.165) is 0 Å². The van der Waals surface area contributed by atoms with Crippen molar-refractivity contribution in [1.29, 1.82) is 0 Å². The second-order valence-electron chi connectivity index (χ2n) is 30.7. The molecule has 0 bridgehead atoms. The normalized spacial score (nSPS) is 14.3. The molecule has 656 valence electrons. The lowest BCUT2D eigenvalue weighted by Gasteiger charge is -2.33. The van der Waals surface area contributed by atoms with Crippen LogP contribution >= 0.6 is 25.3 Å². The van der Waals surface area contributed by atoms with Crippen molar-refractivity contribution in [2.24, 2.45) is 28.5 Å². The van der Waals surface area contributed by atoms with Crippen molar-refractivity contribution in [3.8, 4) is 5.75 Å². The average molecular weight is 1720 g/mol.